The Morgan fingerprint density at radius 2 is 1.82 bits per heavy atom. The molecule has 10 heteroatoms. The van der Waals surface area contributed by atoms with Gasteiger partial charge in [0.05, 0.1) is 23.5 Å². The average Bonchev–Trinajstić information content (AvgIpc) is 3.18. The van der Waals surface area contributed by atoms with Crippen molar-refractivity contribution in [1.82, 2.24) is 15.3 Å². The largest absolute Gasteiger partial charge is 0.416 e. The Morgan fingerprint density at radius 3 is 2.41 bits per heavy atom. The van der Waals surface area contributed by atoms with Crippen LogP contribution in [0, 0.1) is 6.92 Å². The highest BCUT2D eigenvalue weighted by Crippen LogP contribution is 2.33. The molecule has 0 spiro atoms. The van der Waals surface area contributed by atoms with Crippen LogP contribution in [0.4, 0.5) is 19.0 Å². The number of morpholine rings is 1. The predicted octanol–water partition coefficient (Wildman–Crippen LogP) is 5.08. The fraction of sp³-hybridized carbons (Fsp3) is 0.375. The van der Waals surface area contributed by atoms with E-state index in [-0.39, 0.29) is 18.1 Å². The molecule has 4 rings (SSSR count). The number of nitrogens with one attached hydrogen (secondary N) is 1. The van der Waals surface area contributed by atoms with Gasteiger partial charge in [0.15, 0.2) is 0 Å². The molecule has 1 N–H and O–H groups in total. The first kappa shape index (κ1) is 24.2. The van der Waals surface area contributed by atoms with Crippen molar-refractivity contribution in [3.8, 4) is 10.6 Å². The summed E-state index contributed by atoms with van der Waals surface area (Å²) in [6.07, 6.45) is -2.37. The number of ether oxygens (including phenoxy) is 1. The molecule has 1 aliphatic heterocycles. The number of nitrogens with zero attached hydrogens (tertiary/aromatic N) is 3. The molecule has 1 amide bonds. The summed E-state index contributed by atoms with van der Waals surface area (Å²) in [5.74, 6) is 0.588. The van der Waals surface area contributed by atoms with Gasteiger partial charge in [-0.3, -0.25) is 4.79 Å². The Morgan fingerprint density at radius 1 is 1.15 bits per heavy atom. The number of carbonyl (C=O) groups is 1. The molecule has 1 aromatic carbocycles. The number of halogens is 3. The summed E-state index contributed by atoms with van der Waals surface area (Å²) in [5.41, 5.74) is 1.20. The van der Waals surface area contributed by atoms with Gasteiger partial charge in [-0.25, -0.2) is 9.97 Å². The molecular weight excluding hydrogens is 465 g/mol. The number of hydrogen-bond acceptors (Lipinski definition) is 6. The number of aromatic nitrogens is 2. The molecule has 2 aromatic heterocycles. The van der Waals surface area contributed by atoms with Crippen LogP contribution in [-0.4, -0.2) is 41.2 Å². The predicted molar refractivity (Wildman–Crippen MR) is 125 cm³/mol. The molecule has 0 saturated carbocycles. The SMILES string of the molecule is Cc1nc(-c2ccc(C(F)(F)F)cc2)sc1C(=O)NCc1ccc(N2CC(C)OC(C)C2)nc1. The van der Waals surface area contributed by atoms with Crippen LogP contribution in [0.1, 0.15) is 40.3 Å². The van der Waals surface area contributed by atoms with Crippen molar-refractivity contribution in [2.24, 2.45) is 0 Å². The third kappa shape index (κ3) is 5.56. The normalized spacial score (nSPS) is 18.7. The monoisotopic (exact) mass is 490 g/mol. The number of thiazole rings is 1. The van der Waals surface area contributed by atoms with Gasteiger partial charge >= 0.3 is 6.18 Å². The topological polar surface area (TPSA) is 67.4 Å². The van der Waals surface area contributed by atoms with E-state index in [2.05, 4.69) is 20.2 Å². The standard InChI is InChI=1S/C24H25F3N4O2S/c1-14-12-31(13-15(2)33-14)20-9-4-17(10-28-20)11-29-22(32)21-16(3)30-23(34-21)18-5-7-19(8-6-18)24(25,26)27/h4-10,14-15H,11-13H2,1-3H3,(H,29,32). The zero-order chi connectivity index (χ0) is 24.5. The summed E-state index contributed by atoms with van der Waals surface area (Å²) >= 11 is 1.15. The maximum absolute atomic E-state index is 12.8. The van der Waals surface area contributed by atoms with Crippen molar-refractivity contribution >= 4 is 23.1 Å². The van der Waals surface area contributed by atoms with Gasteiger partial charge in [-0.15, -0.1) is 11.3 Å². The van der Waals surface area contributed by atoms with Crippen LogP contribution in [0.15, 0.2) is 42.6 Å². The molecule has 1 aliphatic rings. The van der Waals surface area contributed by atoms with Crippen LogP contribution in [0.5, 0.6) is 0 Å². The summed E-state index contributed by atoms with van der Waals surface area (Å²) in [6, 6.07) is 8.63. The van der Waals surface area contributed by atoms with Crippen LogP contribution in [-0.2, 0) is 17.5 Å². The third-order valence-corrected chi connectivity index (χ3v) is 6.67. The minimum absolute atomic E-state index is 0.139. The smallest absolute Gasteiger partial charge is 0.372 e. The van der Waals surface area contributed by atoms with E-state index >= 15 is 0 Å². The van der Waals surface area contributed by atoms with Gasteiger partial charge in [0.25, 0.3) is 5.91 Å². The molecule has 0 bridgehead atoms. The molecule has 1 saturated heterocycles. The second-order valence-electron chi connectivity index (χ2n) is 8.38. The number of benzene rings is 1. The number of hydrogen-bond donors (Lipinski definition) is 1. The first-order valence-electron chi connectivity index (χ1n) is 10.9. The number of pyridine rings is 1. The molecule has 0 radical (unpaired) electrons. The first-order valence-corrected chi connectivity index (χ1v) is 11.7. The van der Waals surface area contributed by atoms with E-state index in [0.29, 0.717) is 27.7 Å². The summed E-state index contributed by atoms with van der Waals surface area (Å²) < 4.78 is 44.1. The molecule has 2 unspecified atom stereocenters. The van der Waals surface area contributed by atoms with Gasteiger partial charge in [0, 0.05) is 31.4 Å². The van der Waals surface area contributed by atoms with E-state index in [0.717, 1.165) is 47.9 Å². The Labute approximate surface area is 199 Å². The summed E-state index contributed by atoms with van der Waals surface area (Å²) in [7, 11) is 0. The van der Waals surface area contributed by atoms with Crippen molar-refractivity contribution in [3.05, 3.63) is 64.3 Å². The van der Waals surface area contributed by atoms with E-state index < -0.39 is 11.7 Å². The highest BCUT2D eigenvalue weighted by atomic mass is 32.1. The fourth-order valence-electron chi connectivity index (χ4n) is 3.87. The lowest BCUT2D eigenvalue weighted by Crippen LogP contribution is -2.45. The van der Waals surface area contributed by atoms with Crippen molar-refractivity contribution in [2.45, 2.75) is 45.7 Å². The Balaban J connectivity index is 1.38. The minimum Gasteiger partial charge on any atom is -0.372 e. The zero-order valence-electron chi connectivity index (χ0n) is 19.0. The van der Waals surface area contributed by atoms with Gasteiger partial charge in [-0.05, 0) is 44.5 Å². The number of carbonyl (C=O) groups excluding carboxylic acids is 1. The van der Waals surface area contributed by atoms with Crippen LogP contribution >= 0.6 is 11.3 Å². The number of rotatable bonds is 5. The second-order valence-corrected chi connectivity index (χ2v) is 9.38. The lowest BCUT2D eigenvalue weighted by atomic mass is 10.1. The Kier molecular flexibility index (Phi) is 6.90. The molecule has 6 nitrogen and oxygen atoms in total. The quantitative estimate of drug-likeness (QED) is 0.541. The molecule has 34 heavy (non-hydrogen) atoms. The van der Waals surface area contributed by atoms with Crippen LogP contribution in [0.2, 0.25) is 0 Å². The highest BCUT2D eigenvalue weighted by Gasteiger charge is 2.30. The second kappa shape index (κ2) is 9.71. The van der Waals surface area contributed by atoms with Gasteiger partial charge in [-0.2, -0.15) is 13.2 Å². The van der Waals surface area contributed by atoms with Crippen molar-refractivity contribution < 1.29 is 22.7 Å². The Bertz CT molecular complexity index is 1140. The maximum Gasteiger partial charge on any atom is 0.416 e. The van der Waals surface area contributed by atoms with Gasteiger partial charge in [0.1, 0.15) is 15.7 Å². The van der Waals surface area contributed by atoms with Gasteiger partial charge in [-0.1, -0.05) is 18.2 Å². The molecule has 2 atom stereocenters. The van der Waals surface area contributed by atoms with Crippen LogP contribution in [0.3, 0.4) is 0 Å². The summed E-state index contributed by atoms with van der Waals surface area (Å²) in [6.45, 7) is 7.64. The molecule has 3 aromatic rings. The molecule has 180 valence electrons. The first-order chi connectivity index (χ1) is 16.1. The van der Waals surface area contributed by atoms with Gasteiger partial charge < -0.3 is 15.0 Å². The minimum atomic E-state index is -4.39. The van der Waals surface area contributed by atoms with E-state index in [1.54, 1.807) is 13.1 Å². The highest BCUT2D eigenvalue weighted by molar-refractivity contribution is 7.17. The Hall–Kier alpha value is -2.98. The van der Waals surface area contributed by atoms with E-state index in [1.807, 2.05) is 26.0 Å². The lowest BCUT2D eigenvalue weighted by molar-refractivity contribution is -0.137. The van der Waals surface area contributed by atoms with Crippen molar-refractivity contribution in [2.75, 3.05) is 18.0 Å². The molecular formula is C24H25F3N4O2S. The number of amides is 1. The van der Waals surface area contributed by atoms with Gasteiger partial charge in [0.2, 0.25) is 0 Å². The number of alkyl halides is 3. The van der Waals surface area contributed by atoms with E-state index in [1.165, 1.54) is 12.1 Å². The lowest BCUT2D eigenvalue weighted by Gasteiger charge is -2.36. The zero-order valence-corrected chi connectivity index (χ0v) is 19.8. The summed E-state index contributed by atoms with van der Waals surface area (Å²) in [5, 5.41) is 3.37. The molecule has 1 fully saturated rings. The fourth-order valence-corrected chi connectivity index (χ4v) is 4.86. The summed E-state index contributed by atoms with van der Waals surface area (Å²) in [4.78, 5) is 24.2. The molecule has 3 heterocycles. The number of anilines is 1. The number of aryl methyl sites for hydroxylation is 1. The maximum atomic E-state index is 12.8. The third-order valence-electron chi connectivity index (χ3n) is 5.47. The van der Waals surface area contributed by atoms with E-state index in [9.17, 15) is 18.0 Å². The average molecular weight is 491 g/mol. The van der Waals surface area contributed by atoms with Crippen LogP contribution < -0.4 is 10.2 Å². The van der Waals surface area contributed by atoms with Crippen molar-refractivity contribution in [1.29, 1.82) is 0 Å². The van der Waals surface area contributed by atoms with Crippen LogP contribution in [0.25, 0.3) is 10.6 Å². The molecule has 0 aliphatic carbocycles. The van der Waals surface area contributed by atoms with Crippen molar-refractivity contribution in [3.63, 3.8) is 0 Å². The van der Waals surface area contributed by atoms with E-state index in [4.69, 9.17) is 4.74 Å².